The summed E-state index contributed by atoms with van der Waals surface area (Å²) >= 11 is 0. The predicted molar refractivity (Wildman–Crippen MR) is 122 cm³/mol. The molecular weight excluding hydrogens is 376 g/mol. The Morgan fingerprint density at radius 1 is 1.20 bits per heavy atom. The van der Waals surface area contributed by atoms with Gasteiger partial charge >= 0.3 is 0 Å². The van der Waals surface area contributed by atoms with Gasteiger partial charge in [0.15, 0.2) is 5.96 Å². The van der Waals surface area contributed by atoms with E-state index in [0.29, 0.717) is 6.04 Å². The smallest absolute Gasteiger partial charge is 0.221 e. The van der Waals surface area contributed by atoms with Gasteiger partial charge in [-0.15, -0.1) is 0 Å². The maximum Gasteiger partial charge on any atom is 0.221 e. The van der Waals surface area contributed by atoms with E-state index in [2.05, 4.69) is 56.6 Å². The van der Waals surface area contributed by atoms with E-state index in [1.54, 1.807) is 0 Å². The number of carbonyl (C=O) groups excluding carboxylic acids is 1. The number of likely N-dealkylation sites (N-methyl/N-ethyl adjacent to an activating group) is 1. The number of piperidine rings is 1. The van der Waals surface area contributed by atoms with Crippen molar-refractivity contribution in [3.8, 4) is 0 Å². The number of carbonyl (C=O) groups is 1. The van der Waals surface area contributed by atoms with Crippen LogP contribution in [0.3, 0.4) is 0 Å². The van der Waals surface area contributed by atoms with Crippen LogP contribution in [0.2, 0.25) is 0 Å². The number of guanidine groups is 1. The first-order valence-electron chi connectivity index (χ1n) is 11.4. The third kappa shape index (κ3) is 6.44. The number of hydrogen-bond donors (Lipinski definition) is 3. The van der Waals surface area contributed by atoms with Gasteiger partial charge in [0, 0.05) is 39.3 Å². The largest absolute Gasteiger partial charge is 0.369 e. The van der Waals surface area contributed by atoms with Crippen molar-refractivity contribution in [2.24, 2.45) is 16.6 Å². The van der Waals surface area contributed by atoms with Crippen LogP contribution in [-0.2, 0) is 17.9 Å². The molecule has 7 heteroatoms. The number of nitrogens with two attached hydrogens (primary N) is 1. The monoisotopic (exact) mass is 414 g/mol. The molecule has 2 atom stereocenters. The SMILES string of the molecule is CCN1CCCC1CNC(=NC)NCc1cccc(CN2CCCC(C(N)=O)C2)c1. The molecule has 166 valence electrons. The molecule has 0 aromatic heterocycles. The number of benzene rings is 1. The number of likely N-dealkylation sites (tertiary alicyclic amines) is 2. The Balaban J connectivity index is 1.47. The maximum absolute atomic E-state index is 11.5. The molecule has 3 rings (SSSR count). The van der Waals surface area contributed by atoms with Crippen LogP contribution in [0.1, 0.15) is 43.7 Å². The number of aliphatic imine (C=N–C) groups is 1. The van der Waals surface area contributed by atoms with Crippen molar-refractivity contribution in [2.75, 3.05) is 39.8 Å². The molecule has 1 amide bonds. The van der Waals surface area contributed by atoms with Crippen LogP contribution in [0.4, 0.5) is 0 Å². The average Bonchev–Trinajstić information content (AvgIpc) is 3.22. The zero-order chi connectivity index (χ0) is 21.3. The van der Waals surface area contributed by atoms with Gasteiger partial charge in [-0.2, -0.15) is 0 Å². The highest BCUT2D eigenvalue weighted by Crippen LogP contribution is 2.19. The lowest BCUT2D eigenvalue weighted by Gasteiger charge is -2.31. The van der Waals surface area contributed by atoms with E-state index >= 15 is 0 Å². The first kappa shape index (κ1) is 22.6. The van der Waals surface area contributed by atoms with Gasteiger partial charge in [0.1, 0.15) is 0 Å². The summed E-state index contributed by atoms with van der Waals surface area (Å²) in [5.74, 6) is 0.668. The van der Waals surface area contributed by atoms with Crippen molar-refractivity contribution in [3.63, 3.8) is 0 Å². The van der Waals surface area contributed by atoms with Gasteiger partial charge in [-0.25, -0.2) is 0 Å². The Bertz CT molecular complexity index is 721. The van der Waals surface area contributed by atoms with Gasteiger partial charge in [0.25, 0.3) is 0 Å². The van der Waals surface area contributed by atoms with Crippen LogP contribution in [-0.4, -0.2) is 67.5 Å². The number of rotatable bonds is 8. The minimum atomic E-state index is -0.170. The quantitative estimate of drug-likeness (QED) is 0.444. The molecule has 0 radical (unpaired) electrons. The van der Waals surface area contributed by atoms with Crippen LogP contribution in [0, 0.1) is 5.92 Å². The Morgan fingerprint density at radius 3 is 2.77 bits per heavy atom. The summed E-state index contributed by atoms with van der Waals surface area (Å²) in [5, 5.41) is 6.93. The lowest BCUT2D eigenvalue weighted by Crippen LogP contribution is -2.44. The highest BCUT2D eigenvalue weighted by Gasteiger charge is 2.24. The predicted octanol–water partition coefficient (Wildman–Crippen LogP) is 1.53. The molecule has 1 aromatic rings. The maximum atomic E-state index is 11.5. The standard InChI is InChI=1S/C23H38N6O/c1-3-29-12-6-10-21(29)15-27-23(25-2)26-14-18-7-4-8-19(13-18)16-28-11-5-9-20(17-28)22(24)30/h4,7-8,13,20-21H,3,5-6,9-12,14-17H2,1-2H3,(H2,24,30)(H2,25,26,27). The first-order chi connectivity index (χ1) is 14.6. The molecule has 2 aliphatic heterocycles. The summed E-state index contributed by atoms with van der Waals surface area (Å²) in [5.41, 5.74) is 8.02. The molecule has 30 heavy (non-hydrogen) atoms. The second-order valence-corrected chi connectivity index (χ2v) is 8.53. The van der Waals surface area contributed by atoms with E-state index in [9.17, 15) is 4.79 Å². The van der Waals surface area contributed by atoms with Gasteiger partial charge in [-0.3, -0.25) is 19.6 Å². The first-order valence-corrected chi connectivity index (χ1v) is 11.4. The Morgan fingerprint density at radius 2 is 2.00 bits per heavy atom. The normalized spacial score (nSPS) is 23.5. The van der Waals surface area contributed by atoms with Gasteiger partial charge in [-0.05, 0) is 56.4 Å². The molecule has 2 fully saturated rings. The Hall–Kier alpha value is -2.12. The number of nitrogens with zero attached hydrogens (tertiary/aromatic N) is 3. The molecule has 7 nitrogen and oxygen atoms in total. The third-order valence-corrected chi connectivity index (χ3v) is 6.40. The number of nitrogens with one attached hydrogen (secondary N) is 2. The van der Waals surface area contributed by atoms with Crippen LogP contribution < -0.4 is 16.4 Å². The Kier molecular flexibility index (Phi) is 8.51. The summed E-state index contributed by atoms with van der Waals surface area (Å²) in [6.45, 7) is 8.88. The van der Waals surface area contributed by atoms with Crippen molar-refractivity contribution in [3.05, 3.63) is 35.4 Å². The van der Waals surface area contributed by atoms with Crippen molar-refractivity contribution < 1.29 is 4.79 Å². The molecule has 4 N–H and O–H groups in total. The lowest BCUT2D eigenvalue weighted by atomic mass is 9.97. The van der Waals surface area contributed by atoms with E-state index < -0.39 is 0 Å². The zero-order valence-electron chi connectivity index (χ0n) is 18.6. The second-order valence-electron chi connectivity index (χ2n) is 8.53. The van der Waals surface area contributed by atoms with Gasteiger partial charge in [0.05, 0.1) is 5.92 Å². The molecule has 2 unspecified atom stereocenters. The highest BCUT2D eigenvalue weighted by atomic mass is 16.1. The fourth-order valence-electron chi connectivity index (χ4n) is 4.69. The molecule has 0 spiro atoms. The summed E-state index contributed by atoms with van der Waals surface area (Å²) < 4.78 is 0. The van der Waals surface area contributed by atoms with Crippen LogP contribution >= 0.6 is 0 Å². The molecule has 0 bridgehead atoms. The number of amides is 1. The summed E-state index contributed by atoms with van der Waals surface area (Å²) in [7, 11) is 1.82. The summed E-state index contributed by atoms with van der Waals surface area (Å²) in [6.07, 6.45) is 4.50. The van der Waals surface area contributed by atoms with Gasteiger partial charge in [-0.1, -0.05) is 31.2 Å². The van der Waals surface area contributed by atoms with E-state index in [4.69, 9.17) is 5.73 Å². The summed E-state index contributed by atoms with van der Waals surface area (Å²) in [4.78, 5) is 20.8. The van der Waals surface area contributed by atoms with Crippen molar-refractivity contribution in [2.45, 2.75) is 51.7 Å². The average molecular weight is 415 g/mol. The van der Waals surface area contributed by atoms with Gasteiger partial charge in [0.2, 0.25) is 5.91 Å². The van der Waals surface area contributed by atoms with Crippen LogP contribution in [0.15, 0.2) is 29.3 Å². The van der Waals surface area contributed by atoms with E-state index in [-0.39, 0.29) is 11.8 Å². The minimum absolute atomic E-state index is 0.0125. The molecule has 0 saturated carbocycles. The molecular formula is C23H38N6O. The fraction of sp³-hybridized carbons (Fsp3) is 0.652. The molecule has 2 heterocycles. The number of hydrogen-bond acceptors (Lipinski definition) is 4. The Labute approximate surface area is 181 Å². The molecule has 0 aliphatic carbocycles. The van der Waals surface area contributed by atoms with Crippen molar-refractivity contribution in [1.29, 1.82) is 0 Å². The fourth-order valence-corrected chi connectivity index (χ4v) is 4.69. The third-order valence-electron chi connectivity index (χ3n) is 6.40. The van der Waals surface area contributed by atoms with Crippen molar-refractivity contribution >= 4 is 11.9 Å². The van der Waals surface area contributed by atoms with Crippen molar-refractivity contribution in [1.82, 2.24) is 20.4 Å². The summed E-state index contributed by atoms with van der Waals surface area (Å²) in [6, 6.07) is 9.25. The molecule has 2 saturated heterocycles. The van der Waals surface area contributed by atoms with E-state index in [0.717, 1.165) is 58.1 Å². The molecule has 1 aromatic carbocycles. The highest BCUT2D eigenvalue weighted by molar-refractivity contribution is 5.79. The van der Waals surface area contributed by atoms with Gasteiger partial charge < -0.3 is 16.4 Å². The van der Waals surface area contributed by atoms with Crippen LogP contribution in [0.5, 0.6) is 0 Å². The topological polar surface area (TPSA) is 86.0 Å². The van der Waals surface area contributed by atoms with E-state index in [1.165, 1.54) is 30.5 Å². The minimum Gasteiger partial charge on any atom is -0.369 e. The number of primary amides is 1. The zero-order valence-corrected chi connectivity index (χ0v) is 18.6. The second kappa shape index (κ2) is 11.3. The lowest BCUT2D eigenvalue weighted by molar-refractivity contribution is -0.123. The van der Waals surface area contributed by atoms with Crippen LogP contribution in [0.25, 0.3) is 0 Å². The molecule has 2 aliphatic rings. The van der Waals surface area contributed by atoms with E-state index in [1.807, 2.05) is 7.05 Å².